The summed E-state index contributed by atoms with van der Waals surface area (Å²) >= 11 is 0. The van der Waals surface area contributed by atoms with Crippen molar-refractivity contribution in [2.24, 2.45) is 17.8 Å². The van der Waals surface area contributed by atoms with E-state index in [4.69, 9.17) is 0 Å². The van der Waals surface area contributed by atoms with Gasteiger partial charge in [0.05, 0.1) is 0 Å². The van der Waals surface area contributed by atoms with Crippen LogP contribution in [0.1, 0.15) is 40.0 Å². The molecule has 0 heterocycles. The van der Waals surface area contributed by atoms with Gasteiger partial charge in [0.15, 0.2) is 0 Å². The molecule has 2 atom stereocenters. The van der Waals surface area contributed by atoms with E-state index in [9.17, 15) is 0 Å². The molecule has 13 heavy (non-hydrogen) atoms. The average molecular weight is 178 g/mol. The Labute approximate surface area is 82.7 Å². The molecule has 0 nitrogen and oxygen atoms in total. The molecule has 0 spiro atoms. The van der Waals surface area contributed by atoms with E-state index >= 15 is 0 Å². The Morgan fingerprint density at radius 1 is 1.38 bits per heavy atom. The van der Waals surface area contributed by atoms with Gasteiger partial charge in [0.1, 0.15) is 0 Å². The topological polar surface area (TPSA) is 0 Å². The van der Waals surface area contributed by atoms with Gasteiger partial charge in [-0.15, -0.1) is 0 Å². The van der Waals surface area contributed by atoms with Crippen LogP contribution in [0.5, 0.6) is 0 Å². The van der Waals surface area contributed by atoms with Crippen molar-refractivity contribution in [2.75, 3.05) is 0 Å². The fraction of sp³-hybridized carbons (Fsp3) is 0.692. The summed E-state index contributed by atoms with van der Waals surface area (Å²) in [5, 5.41) is 0. The zero-order chi connectivity index (χ0) is 9.68. The first-order valence-corrected chi connectivity index (χ1v) is 5.55. The Hall–Kier alpha value is -0.520. The molecule has 0 aromatic rings. The molecule has 1 rings (SSSR count). The van der Waals surface area contributed by atoms with Crippen molar-refractivity contribution in [1.82, 2.24) is 0 Å². The van der Waals surface area contributed by atoms with Crippen LogP contribution in [0, 0.1) is 17.8 Å². The van der Waals surface area contributed by atoms with Crippen LogP contribution >= 0.6 is 0 Å². The molecule has 0 aromatic heterocycles. The molecule has 1 aliphatic rings. The quantitative estimate of drug-likeness (QED) is 0.568. The van der Waals surface area contributed by atoms with Gasteiger partial charge in [-0.2, -0.15) is 0 Å². The Morgan fingerprint density at radius 2 is 2.15 bits per heavy atom. The highest BCUT2D eigenvalue weighted by Crippen LogP contribution is 2.30. The third kappa shape index (κ3) is 3.02. The van der Waals surface area contributed by atoms with Crippen LogP contribution in [0.2, 0.25) is 0 Å². The SMILES string of the molecule is CC=CC(C(C)C)C1C=CCCC1. The summed E-state index contributed by atoms with van der Waals surface area (Å²) < 4.78 is 0. The highest BCUT2D eigenvalue weighted by molar-refractivity contribution is 5.02. The number of allylic oxidation sites excluding steroid dienone is 4. The van der Waals surface area contributed by atoms with Gasteiger partial charge in [-0.1, -0.05) is 38.2 Å². The van der Waals surface area contributed by atoms with Crippen molar-refractivity contribution < 1.29 is 0 Å². The molecule has 0 heteroatoms. The highest BCUT2D eigenvalue weighted by atomic mass is 14.2. The molecule has 0 bridgehead atoms. The van der Waals surface area contributed by atoms with Gasteiger partial charge in [0, 0.05) is 0 Å². The fourth-order valence-electron chi connectivity index (χ4n) is 2.24. The summed E-state index contributed by atoms with van der Waals surface area (Å²) in [6, 6.07) is 0. The van der Waals surface area contributed by atoms with E-state index in [2.05, 4.69) is 45.1 Å². The maximum atomic E-state index is 2.42. The lowest BCUT2D eigenvalue weighted by molar-refractivity contribution is 0.334. The molecule has 74 valence electrons. The van der Waals surface area contributed by atoms with Crippen LogP contribution in [-0.4, -0.2) is 0 Å². The Bertz CT molecular complexity index is 186. The summed E-state index contributed by atoms with van der Waals surface area (Å²) in [4.78, 5) is 0. The highest BCUT2D eigenvalue weighted by Gasteiger charge is 2.20. The third-order valence-electron chi connectivity index (χ3n) is 2.97. The lowest BCUT2D eigenvalue weighted by atomic mass is 9.78. The van der Waals surface area contributed by atoms with E-state index in [0.29, 0.717) is 0 Å². The molecule has 0 saturated heterocycles. The number of hydrogen-bond acceptors (Lipinski definition) is 0. The predicted molar refractivity (Wildman–Crippen MR) is 59.6 cm³/mol. The summed E-state index contributed by atoms with van der Waals surface area (Å²) in [7, 11) is 0. The first kappa shape index (κ1) is 10.6. The van der Waals surface area contributed by atoms with Gasteiger partial charge in [0.2, 0.25) is 0 Å². The molecule has 2 unspecified atom stereocenters. The molecular formula is C13H22. The predicted octanol–water partition coefficient (Wildman–Crippen LogP) is 4.19. The second-order valence-corrected chi connectivity index (χ2v) is 4.37. The maximum absolute atomic E-state index is 2.42. The molecule has 0 amide bonds. The van der Waals surface area contributed by atoms with E-state index in [-0.39, 0.29) is 0 Å². The van der Waals surface area contributed by atoms with Gasteiger partial charge in [-0.25, -0.2) is 0 Å². The molecule has 0 radical (unpaired) electrons. The van der Waals surface area contributed by atoms with E-state index in [1.807, 2.05) is 0 Å². The second-order valence-electron chi connectivity index (χ2n) is 4.37. The minimum absolute atomic E-state index is 0.751. The smallest absolute Gasteiger partial charge is 0.0148 e. The average Bonchev–Trinajstić information content (AvgIpc) is 2.15. The second kappa shape index (κ2) is 5.26. The normalized spacial score (nSPS) is 25.7. The first-order valence-electron chi connectivity index (χ1n) is 5.55. The molecule has 0 aliphatic heterocycles. The number of hydrogen-bond donors (Lipinski definition) is 0. The minimum atomic E-state index is 0.751. The van der Waals surface area contributed by atoms with Crippen molar-refractivity contribution in [3.8, 4) is 0 Å². The Balaban J connectivity index is 2.62. The number of rotatable bonds is 3. The van der Waals surface area contributed by atoms with Gasteiger partial charge >= 0.3 is 0 Å². The minimum Gasteiger partial charge on any atom is -0.0914 e. The van der Waals surface area contributed by atoms with E-state index in [1.165, 1.54) is 19.3 Å². The van der Waals surface area contributed by atoms with Crippen molar-refractivity contribution >= 4 is 0 Å². The largest absolute Gasteiger partial charge is 0.0914 e. The summed E-state index contributed by atoms with van der Waals surface area (Å²) in [5.74, 6) is 2.32. The lowest BCUT2D eigenvalue weighted by Crippen LogP contribution is -2.18. The van der Waals surface area contributed by atoms with Crippen molar-refractivity contribution in [2.45, 2.75) is 40.0 Å². The van der Waals surface area contributed by atoms with Crippen molar-refractivity contribution in [1.29, 1.82) is 0 Å². The van der Waals surface area contributed by atoms with E-state index in [1.54, 1.807) is 0 Å². The van der Waals surface area contributed by atoms with E-state index < -0.39 is 0 Å². The van der Waals surface area contributed by atoms with Crippen LogP contribution < -0.4 is 0 Å². The third-order valence-corrected chi connectivity index (χ3v) is 2.97. The summed E-state index contributed by atoms with van der Waals surface area (Å²) in [6.07, 6.45) is 13.4. The first-order chi connectivity index (χ1) is 6.25. The summed E-state index contributed by atoms with van der Waals surface area (Å²) in [5.41, 5.74) is 0. The van der Waals surface area contributed by atoms with E-state index in [0.717, 1.165) is 17.8 Å². The van der Waals surface area contributed by atoms with Gasteiger partial charge < -0.3 is 0 Å². The molecule has 0 aromatic carbocycles. The molecule has 0 N–H and O–H groups in total. The van der Waals surface area contributed by atoms with Crippen LogP contribution in [0.25, 0.3) is 0 Å². The van der Waals surface area contributed by atoms with Crippen LogP contribution in [0.15, 0.2) is 24.3 Å². The standard InChI is InChI=1S/C13H22/c1-4-8-13(11(2)3)12-9-6-5-7-10-12/h4,6,8-9,11-13H,5,7,10H2,1-3H3. The van der Waals surface area contributed by atoms with Gasteiger partial charge in [-0.05, 0) is 43.9 Å². The van der Waals surface area contributed by atoms with Crippen LogP contribution in [0.3, 0.4) is 0 Å². The molecular weight excluding hydrogens is 156 g/mol. The molecule has 0 fully saturated rings. The molecule has 1 aliphatic carbocycles. The van der Waals surface area contributed by atoms with Crippen molar-refractivity contribution in [3.05, 3.63) is 24.3 Å². The van der Waals surface area contributed by atoms with Crippen LogP contribution in [0.4, 0.5) is 0 Å². The zero-order valence-electron chi connectivity index (χ0n) is 9.16. The molecule has 0 saturated carbocycles. The fourth-order valence-corrected chi connectivity index (χ4v) is 2.24. The zero-order valence-corrected chi connectivity index (χ0v) is 9.16. The Morgan fingerprint density at radius 3 is 2.62 bits per heavy atom. The summed E-state index contributed by atoms with van der Waals surface area (Å²) in [6.45, 7) is 6.78. The van der Waals surface area contributed by atoms with Crippen molar-refractivity contribution in [3.63, 3.8) is 0 Å². The maximum Gasteiger partial charge on any atom is -0.0148 e. The van der Waals surface area contributed by atoms with Crippen LogP contribution in [-0.2, 0) is 0 Å². The van der Waals surface area contributed by atoms with Gasteiger partial charge in [0.25, 0.3) is 0 Å². The lowest BCUT2D eigenvalue weighted by Gasteiger charge is -2.27. The monoisotopic (exact) mass is 178 g/mol. The Kier molecular flexibility index (Phi) is 4.27. The van der Waals surface area contributed by atoms with Gasteiger partial charge in [-0.3, -0.25) is 0 Å².